The van der Waals surface area contributed by atoms with Crippen molar-refractivity contribution in [2.45, 2.75) is 20.1 Å². The van der Waals surface area contributed by atoms with Gasteiger partial charge in [-0.25, -0.2) is 0 Å². The van der Waals surface area contributed by atoms with Gasteiger partial charge in [0.25, 0.3) is 0 Å². The van der Waals surface area contributed by atoms with Gasteiger partial charge in [-0.15, -0.1) is 5.73 Å². The minimum absolute atomic E-state index is 0.271. The van der Waals surface area contributed by atoms with Gasteiger partial charge in [-0.3, -0.25) is 0 Å². The van der Waals surface area contributed by atoms with Gasteiger partial charge in [-0.1, -0.05) is 6.58 Å². The van der Waals surface area contributed by atoms with E-state index in [0.717, 1.165) is 0 Å². The number of ether oxygens (including phenoxy) is 2. The van der Waals surface area contributed by atoms with Crippen LogP contribution in [0.1, 0.15) is 13.8 Å². The minimum atomic E-state index is -0.271. The first-order valence-electron chi connectivity index (χ1n) is 3.44. The third kappa shape index (κ3) is 4.33. The molecule has 2 nitrogen and oxygen atoms in total. The van der Waals surface area contributed by atoms with Crippen LogP contribution in [0, 0.1) is 0 Å². The zero-order valence-corrected chi connectivity index (χ0v) is 6.59. The minimum Gasteiger partial charge on any atom is -0.349 e. The second-order valence-corrected chi connectivity index (χ2v) is 1.65. The highest BCUT2D eigenvalue weighted by atomic mass is 16.7. The molecule has 0 saturated heterocycles. The van der Waals surface area contributed by atoms with E-state index in [-0.39, 0.29) is 6.29 Å². The zero-order chi connectivity index (χ0) is 7.82. The normalized spacial score (nSPS) is 9.50. The molecule has 0 aromatic heterocycles. The Morgan fingerprint density at radius 2 is 1.90 bits per heavy atom. The van der Waals surface area contributed by atoms with E-state index in [1.807, 2.05) is 13.8 Å². The van der Waals surface area contributed by atoms with Gasteiger partial charge in [-0.2, -0.15) is 0 Å². The van der Waals surface area contributed by atoms with Gasteiger partial charge in [-0.05, 0) is 13.8 Å². The molecule has 0 aliphatic heterocycles. The van der Waals surface area contributed by atoms with Gasteiger partial charge in [0.2, 0.25) is 0 Å². The van der Waals surface area contributed by atoms with Crippen molar-refractivity contribution in [3.05, 3.63) is 18.4 Å². The van der Waals surface area contributed by atoms with E-state index in [1.54, 1.807) is 6.08 Å². The highest BCUT2D eigenvalue weighted by Gasteiger charge is 1.99. The van der Waals surface area contributed by atoms with Crippen LogP contribution in [0.15, 0.2) is 18.4 Å². The van der Waals surface area contributed by atoms with E-state index >= 15 is 0 Å². The van der Waals surface area contributed by atoms with E-state index in [0.29, 0.717) is 13.2 Å². The molecule has 2 heteroatoms. The highest BCUT2D eigenvalue weighted by molar-refractivity contribution is 4.79. The van der Waals surface area contributed by atoms with Crippen LogP contribution in [0.5, 0.6) is 0 Å². The Balaban J connectivity index is 3.60. The summed E-state index contributed by atoms with van der Waals surface area (Å²) in [5, 5.41) is 0. The molecule has 0 aliphatic carbocycles. The molecule has 0 aliphatic rings. The van der Waals surface area contributed by atoms with Gasteiger partial charge in [0.15, 0.2) is 6.29 Å². The molecular weight excluding hydrogens is 128 g/mol. The summed E-state index contributed by atoms with van der Waals surface area (Å²) < 4.78 is 10.3. The molecule has 0 aromatic carbocycles. The highest BCUT2D eigenvalue weighted by Crippen LogP contribution is 1.94. The molecule has 0 spiro atoms. The number of hydrogen-bond donors (Lipinski definition) is 0. The Kier molecular flexibility index (Phi) is 6.19. The fourth-order valence-electron chi connectivity index (χ4n) is 0.569. The SMILES string of the molecule is C=C=CC(OCC)OCC. The molecule has 0 bridgehead atoms. The van der Waals surface area contributed by atoms with Crippen LogP contribution in [-0.2, 0) is 9.47 Å². The van der Waals surface area contributed by atoms with Crippen LogP contribution in [-0.4, -0.2) is 19.5 Å². The zero-order valence-electron chi connectivity index (χ0n) is 6.59. The lowest BCUT2D eigenvalue weighted by molar-refractivity contribution is -0.103. The quantitative estimate of drug-likeness (QED) is 0.430. The van der Waals surface area contributed by atoms with E-state index in [1.165, 1.54) is 0 Å². The maximum atomic E-state index is 5.14. The van der Waals surface area contributed by atoms with Gasteiger partial charge in [0.05, 0.1) is 0 Å². The lowest BCUT2D eigenvalue weighted by atomic mass is 10.5. The van der Waals surface area contributed by atoms with Crippen molar-refractivity contribution in [3.8, 4) is 0 Å². The maximum absolute atomic E-state index is 5.14. The second kappa shape index (κ2) is 6.56. The van der Waals surface area contributed by atoms with E-state index < -0.39 is 0 Å². The summed E-state index contributed by atoms with van der Waals surface area (Å²) in [5.41, 5.74) is 2.61. The third-order valence-electron chi connectivity index (χ3n) is 0.916. The number of hydrogen-bond acceptors (Lipinski definition) is 2. The van der Waals surface area contributed by atoms with Crippen molar-refractivity contribution in [1.82, 2.24) is 0 Å². The summed E-state index contributed by atoms with van der Waals surface area (Å²) in [6.45, 7) is 8.55. The fourth-order valence-corrected chi connectivity index (χ4v) is 0.569. The first kappa shape index (κ1) is 9.44. The first-order valence-corrected chi connectivity index (χ1v) is 3.44. The molecule has 0 heterocycles. The monoisotopic (exact) mass is 142 g/mol. The summed E-state index contributed by atoms with van der Waals surface area (Å²) in [6, 6.07) is 0. The number of rotatable bonds is 5. The molecule has 0 aromatic rings. The smallest absolute Gasteiger partial charge is 0.184 e. The van der Waals surface area contributed by atoms with Gasteiger partial charge >= 0.3 is 0 Å². The Hall–Kier alpha value is -0.560. The molecule has 0 fully saturated rings. The molecule has 10 heavy (non-hydrogen) atoms. The lowest BCUT2D eigenvalue weighted by Gasteiger charge is -2.10. The summed E-state index contributed by atoms with van der Waals surface area (Å²) in [4.78, 5) is 0. The first-order chi connectivity index (χ1) is 4.85. The molecule has 0 unspecified atom stereocenters. The van der Waals surface area contributed by atoms with Gasteiger partial charge < -0.3 is 9.47 Å². The topological polar surface area (TPSA) is 18.5 Å². The molecule has 0 radical (unpaired) electrons. The van der Waals surface area contributed by atoms with Crippen LogP contribution < -0.4 is 0 Å². The largest absolute Gasteiger partial charge is 0.349 e. The average molecular weight is 142 g/mol. The van der Waals surface area contributed by atoms with Crippen molar-refractivity contribution in [2.24, 2.45) is 0 Å². The molecular formula is C8H14O2. The molecule has 0 saturated carbocycles. The van der Waals surface area contributed by atoms with Crippen molar-refractivity contribution in [1.29, 1.82) is 0 Å². The van der Waals surface area contributed by atoms with Crippen LogP contribution in [0.25, 0.3) is 0 Å². The summed E-state index contributed by atoms with van der Waals surface area (Å²) in [6.07, 6.45) is 1.39. The summed E-state index contributed by atoms with van der Waals surface area (Å²) in [7, 11) is 0. The third-order valence-corrected chi connectivity index (χ3v) is 0.916. The Bertz CT molecular complexity index is 108. The van der Waals surface area contributed by atoms with Crippen molar-refractivity contribution in [3.63, 3.8) is 0 Å². The van der Waals surface area contributed by atoms with Crippen LogP contribution >= 0.6 is 0 Å². The Morgan fingerprint density at radius 3 is 2.20 bits per heavy atom. The van der Waals surface area contributed by atoms with E-state index in [4.69, 9.17) is 9.47 Å². The molecule has 0 N–H and O–H groups in total. The van der Waals surface area contributed by atoms with E-state index in [9.17, 15) is 0 Å². The Morgan fingerprint density at radius 1 is 1.40 bits per heavy atom. The van der Waals surface area contributed by atoms with Crippen molar-refractivity contribution in [2.75, 3.05) is 13.2 Å². The molecule has 58 valence electrons. The van der Waals surface area contributed by atoms with Crippen LogP contribution in [0.2, 0.25) is 0 Å². The fraction of sp³-hybridized carbons (Fsp3) is 0.625. The molecule has 0 rings (SSSR count). The predicted molar refractivity (Wildman–Crippen MR) is 40.8 cm³/mol. The van der Waals surface area contributed by atoms with E-state index in [2.05, 4.69) is 12.3 Å². The summed E-state index contributed by atoms with van der Waals surface area (Å²) >= 11 is 0. The van der Waals surface area contributed by atoms with Crippen molar-refractivity contribution < 1.29 is 9.47 Å². The van der Waals surface area contributed by atoms with Crippen LogP contribution in [0.3, 0.4) is 0 Å². The second-order valence-electron chi connectivity index (χ2n) is 1.65. The van der Waals surface area contributed by atoms with Gasteiger partial charge in [0.1, 0.15) is 0 Å². The standard InChI is InChI=1S/C8H14O2/c1-4-7-8(9-5-2)10-6-3/h7-8H,1,5-6H2,2-3H3. The lowest BCUT2D eigenvalue weighted by Crippen LogP contribution is -2.13. The maximum Gasteiger partial charge on any atom is 0.184 e. The predicted octanol–water partition coefficient (Wildman–Crippen LogP) is 1.73. The Labute approximate surface area is 62.1 Å². The van der Waals surface area contributed by atoms with Crippen LogP contribution in [0.4, 0.5) is 0 Å². The van der Waals surface area contributed by atoms with Crippen molar-refractivity contribution >= 4 is 0 Å². The summed E-state index contributed by atoms with van der Waals surface area (Å²) in [5.74, 6) is 0. The van der Waals surface area contributed by atoms with Gasteiger partial charge in [0, 0.05) is 19.3 Å². The molecule has 0 atom stereocenters. The average Bonchev–Trinajstić information content (AvgIpc) is 1.90. The molecule has 0 amide bonds.